The predicted octanol–water partition coefficient (Wildman–Crippen LogP) is 2.48. The molecule has 0 spiro atoms. The van der Waals surface area contributed by atoms with Crippen molar-refractivity contribution in [3.05, 3.63) is 0 Å². The van der Waals surface area contributed by atoms with Gasteiger partial charge in [-0.1, -0.05) is 27.7 Å². The van der Waals surface area contributed by atoms with Gasteiger partial charge in [0.05, 0.1) is 0 Å². The predicted molar refractivity (Wildman–Crippen MR) is 64.5 cm³/mol. The highest BCUT2D eigenvalue weighted by Gasteiger charge is 2.09. The maximum Gasteiger partial charge on any atom is 0.00740 e. The SMILES string of the molecule is CCCN(CCC)CC[C@H](N)C(C)C. The summed E-state index contributed by atoms with van der Waals surface area (Å²) in [7, 11) is 0. The lowest BCUT2D eigenvalue weighted by atomic mass is 10.0. The van der Waals surface area contributed by atoms with Gasteiger partial charge in [-0.05, 0) is 44.8 Å². The van der Waals surface area contributed by atoms with Gasteiger partial charge in [-0.15, -0.1) is 0 Å². The molecule has 0 radical (unpaired) electrons. The van der Waals surface area contributed by atoms with E-state index < -0.39 is 0 Å². The first kappa shape index (κ1) is 13.9. The molecule has 0 aliphatic heterocycles. The maximum absolute atomic E-state index is 6.03. The molecule has 0 bridgehead atoms. The van der Waals surface area contributed by atoms with Gasteiger partial charge in [-0.3, -0.25) is 0 Å². The summed E-state index contributed by atoms with van der Waals surface area (Å²) in [6, 6.07) is 0.367. The third-order valence-electron chi connectivity index (χ3n) is 2.71. The minimum Gasteiger partial charge on any atom is -0.327 e. The van der Waals surface area contributed by atoms with Gasteiger partial charge in [-0.25, -0.2) is 0 Å². The molecule has 0 fully saturated rings. The lowest BCUT2D eigenvalue weighted by Crippen LogP contribution is -2.34. The third kappa shape index (κ3) is 6.39. The van der Waals surface area contributed by atoms with Gasteiger partial charge in [0.25, 0.3) is 0 Å². The number of hydrogen-bond donors (Lipinski definition) is 1. The first-order valence-corrected chi connectivity index (χ1v) is 6.09. The summed E-state index contributed by atoms with van der Waals surface area (Å²) >= 11 is 0. The highest BCUT2D eigenvalue weighted by molar-refractivity contribution is 4.68. The van der Waals surface area contributed by atoms with Crippen LogP contribution in [-0.4, -0.2) is 30.6 Å². The van der Waals surface area contributed by atoms with Crippen LogP contribution < -0.4 is 5.73 Å². The lowest BCUT2D eigenvalue weighted by molar-refractivity contribution is 0.255. The average molecular weight is 200 g/mol. The van der Waals surface area contributed by atoms with Crippen molar-refractivity contribution < 1.29 is 0 Å². The van der Waals surface area contributed by atoms with Gasteiger partial charge in [0.1, 0.15) is 0 Å². The topological polar surface area (TPSA) is 29.3 Å². The molecule has 2 nitrogen and oxygen atoms in total. The first-order chi connectivity index (χ1) is 6.61. The molecular formula is C12H28N2. The smallest absolute Gasteiger partial charge is 0.00740 e. The molecule has 0 heterocycles. The Morgan fingerprint density at radius 3 is 1.86 bits per heavy atom. The van der Waals surface area contributed by atoms with Crippen LogP contribution in [0.4, 0.5) is 0 Å². The van der Waals surface area contributed by atoms with E-state index in [1.807, 2.05) is 0 Å². The summed E-state index contributed by atoms with van der Waals surface area (Å²) in [6.45, 7) is 12.5. The molecule has 0 rings (SSSR count). The molecule has 0 unspecified atom stereocenters. The van der Waals surface area contributed by atoms with Crippen LogP contribution in [-0.2, 0) is 0 Å². The van der Waals surface area contributed by atoms with Gasteiger partial charge in [0, 0.05) is 6.04 Å². The molecule has 0 amide bonds. The standard InChI is InChI=1S/C12H28N2/c1-5-8-14(9-6-2)10-7-12(13)11(3)4/h11-12H,5-10,13H2,1-4H3/t12-/m0/s1. The van der Waals surface area contributed by atoms with Crippen LogP contribution in [0, 0.1) is 5.92 Å². The molecule has 0 aromatic heterocycles. The molecule has 2 N–H and O–H groups in total. The Kier molecular flexibility index (Phi) is 8.20. The minimum atomic E-state index is 0.367. The van der Waals surface area contributed by atoms with Crippen LogP contribution in [0.15, 0.2) is 0 Å². The summed E-state index contributed by atoms with van der Waals surface area (Å²) in [5, 5.41) is 0. The van der Waals surface area contributed by atoms with E-state index in [-0.39, 0.29) is 0 Å². The molecule has 2 heteroatoms. The second-order valence-electron chi connectivity index (χ2n) is 4.54. The van der Waals surface area contributed by atoms with Gasteiger partial charge >= 0.3 is 0 Å². The summed E-state index contributed by atoms with van der Waals surface area (Å²) in [6.07, 6.45) is 3.63. The van der Waals surface area contributed by atoms with Crippen LogP contribution in [0.2, 0.25) is 0 Å². The van der Waals surface area contributed by atoms with Crippen LogP contribution >= 0.6 is 0 Å². The molecule has 0 aromatic rings. The van der Waals surface area contributed by atoms with Crippen molar-refractivity contribution in [3.8, 4) is 0 Å². The number of nitrogens with zero attached hydrogens (tertiary/aromatic N) is 1. The van der Waals surface area contributed by atoms with E-state index in [0.29, 0.717) is 12.0 Å². The highest BCUT2D eigenvalue weighted by atomic mass is 15.1. The molecule has 86 valence electrons. The van der Waals surface area contributed by atoms with Gasteiger partial charge in [-0.2, -0.15) is 0 Å². The van der Waals surface area contributed by atoms with E-state index >= 15 is 0 Å². The molecular weight excluding hydrogens is 172 g/mol. The fourth-order valence-corrected chi connectivity index (χ4v) is 1.63. The number of hydrogen-bond acceptors (Lipinski definition) is 2. The normalized spacial score (nSPS) is 13.9. The quantitative estimate of drug-likeness (QED) is 0.652. The summed E-state index contributed by atoms with van der Waals surface area (Å²) in [5.41, 5.74) is 6.03. The molecule has 0 aromatic carbocycles. The number of nitrogens with two attached hydrogens (primary N) is 1. The van der Waals surface area contributed by atoms with Crippen molar-refractivity contribution in [1.29, 1.82) is 0 Å². The van der Waals surface area contributed by atoms with Crippen molar-refractivity contribution in [3.63, 3.8) is 0 Å². The Morgan fingerprint density at radius 1 is 1.00 bits per heavy atom. The molecule has 0 saturated heterocycles. The van der Waals surface area contributed by atoms with E-state index in [0.717, 1.165) is 6.42 Å². The Labute approximate surface area is 89.9 Å². The molecule has 0 saturated carbocycles. The van der Waals surface area contributed by atoms with Crippen molar-refractivity contribution >= 4 is 0 Å². The first-order valence-electron chi connectivity index (χ1n) is 6.09. The van der Waals surface area contributed by atoms with Crippen molar-refractivity contribution in [2.24, 2.45) is 11.7 Å². The fourth-order valence-electron chi connectivity index (χ4n) is 1.63. The Balaban J connectivity index is 3.68. The largest absolute Gasteiger partial charge is 0.327 e. The van der Waals surface area contributed by atoms with Gasteiger partial charge in [0.15, 0.2) is 0 Å². The number of rotatable bonds is 8. The van der Waals surface area contributed by atoms with Crippen molar-refractivity contribution in [1.82, 2.24) is 4.90 Å². The van der Waals surface area contributed by atoms with E-state index in [1.165, 1.54) is 32.5 Å². The monoisotopic (exact) mass is 200 g/mol. The maximum atomic E-state index is 6.03. The second kappa shape index (κ2) is 8.25. The zero-order chi connectivity index (χ0) is 11.0. The Bertz CT molecular complexity index is 117. The third-order valence-corrected chi connectivity index (χ3v) is 2.71. The van der Waals surface area contributed by atoms with Crippen LogP contribution in [0.3, 0.4) is 0 Å². The zero-order valence-corrected chi connectivity index (χ0v) is 10.4. The van der Waals surface area contributed by atoms with Gasteiger partial charge < -0.3 is 10.6 Å². The van der Waals surface area contributed by atoms with Gasteiger partial charge in [0.2, 0.25) is 0 Å². The highest BCUT2D eigenvalue weighted by Crippen LogP contribution is 2.05. The van der Waals surface area contributed by atoms with Crippen molar-refractivity contribution in [2.45, 2.75) is 53.0 Å². The molecule has 14 heavy (non-hydrogen) atoms. The average Bonchev–Trinajstić information content (AvgIpc) is 2.14. The summed E-state index contributed by atoms with van der Waals surface area (Å²) < 4.78 is 0. The second-order valence-corrected chi connectivity index (χ2v) is 4.54. The fraction of sp³-hybridized carbons (Fsp3) is 1.00. The Hall–Kier alpha value is -0.0800. The lowest BCUT2D eigenvalue weighted by Gasteiger charge is -2.24. The van der Waals surface area contributed by atoms with E-state index in [2.05, 4.69) is 32.6 Å². The van der Waals surface area contributed by atoms with Crippen LogP contribution in [0.25, 0.3) is 0 Å². The molecule has 0 aliphatic rings. The van der Waals surface area contributed by atoms with E-state index in [1.54, 1.807) is 0 Å². The van der Waals surface area contributed by atoms with E-state index in [4.69, 9.17) is 5.73 Å². The van der Waals surface area contributed by atoms with Crippen LogP contribution in [0.1, 0.15) is 47.0 Å². The summed E-state index contributed by atoms with van der Waals surface area (Å²) in [5.74, 6) is 0.611. The van der Waals surface area contributed by atoms with E-state index in [9.17, 15) is 0 Å². The molecule has 0 aliphatic carbocycles. The summed E-state index contributed by atoms with van der Waals surface area (Å²) in [4.78, 5) is 2.53. The molecule has 1 atom stereocenters. The van der Waals surface area contributed by atoms with Crippen molar-refractivity contribution in [2.75, 3.05) is 19.6 Å². The van der Waals surface area contributed by atoms with Crippen LogP contribution in [0.5, 0.6) is 0 Å². The Morgan fingerprint density at radius 2 is 1.50 bits per heavy atom. The minimum absolute atomic E-state index is 0.367. The zero-order valence-electron chi connectivity index (χ0n) is 10.4.